The van der Waals surface area contributed by atoms with Gasteiger partial charge in [0.15, 0.2) is 0 Å². The highest BCUT2D eigenvalue weighted by molar-refractivity contribution is 5.75. The first-order valence-electron chi connectivity index (χ1n) is 7.94. The van der Waals surface area contributed by atoms with Crippen molar-refractivity contribution in [2.45, 2.75) is 52.5 Å². The number of benzene rings is 1. The first kappa shape index (κ1) is 15.0. The molecule has 1 aromatic heterocycles. The molecule has 0 aliphatic rings. The summed E-state index contributed by atoms with van der Waals surface area (Å²) in [5.41, 5.74) is 8.11. The van der Waals surface area contributed by atoms with Gasteiger partial charge >= 0.3 is 0 Å². The molecule has 3 nitrogen and oxygen atoms in total. The van der Waals surface area contributed by atoms with Crippen molar-refractivity contribution in [2.75, 3.05) is 6.54 Å². The van der Waals surface area contributed by atoms with E-state index >= 15 is 0 Å². The van der Waals surface area contributed by atoms with Crippen molar-refractivity contribution in [1.29, 1.82) is 0 Å². The maximum absolute atomic E-state index is 5.73. The van der Waals surface area contributed by atoms with Crippen LogP contribution in [0, 0.1) is 5.92 Å². The van der Waals surface area contributed by atoms with Gasteiger partial charge in [0, 0.05) is 13.0 Å². The molecule has 1 aromatic carbocycles. The molecule has 20 heavy (non-hydrogen) atoms. The molecular weight excluding hydrogens is 246 g/mol. The second kappa shape index (κ2) is 7.44. The zero-order chi connectivity index (χ0) is 14.4. The quantitative estimate of drug-likeness (QED) is 0.796. The Morgan fingerprint density at radius 2 is 1.95 bits per heavy atom. The Morgan fingerprint density at radius 1 is 1.15 bits per heavy atom. The summed E-state index contributed by atoms with van der Waals surface area (Å²) in [6, 6.07) is 8.43. The van der Waals surface area contributed by atoms with Gasteiger partial charge in [-0.2, -0.15) is 0 Å². The highest BCUT2D eigenvalue weighted by Crippen LogP contribution is 2.21. The Hall–Kier alpha value is -1.35. The van der Waals surface area contributed by atoms with Gasteiger partial charge in [-0.25, -0.2) is 4.98 Å². The van der Waals surface area contributed by atoms with E-state index in [4.69, 9.17) is 10.7 Å². The van der Waals surface area contributed by atoms with E-state index in [0.29, 0.717) is 0 Å². The minimum atomic E-state index is 0.745. The summed E-state index contributed by atoms with van der Waals surface area (Å²) >= 11 is 0. The maximum Gasteiger partial charge on any atom is 0.109 e. The number of rotatable bonds is 8. The van der Waals surface area contributed by atoms with Crippen LogP contribution in [0.25, 0.3) is 11.0 Å². The normalized spacial score (nSPS) is 12.9. The van der Waals surface area contributed by atoms with Crippen LogP contribution in [0.4, 0.5) is 0 Å². The van der Waals surface area contributed by atoms with Crippen LogP contribution in [0.2, 0.25) is 0 Å². The van der Waals surface area contributed by atoms with Crippen LogP contribution >= 0.6 is 0 Å². The monoisotopic (exact) mass is 273 g/mol. The van der Waals surface area contributed by atoms with Crippen molar-refractivity contribution in [2.24, 2.45) is 11.7 Å². The molecule has 0 saturated carbocycles. The van der Waals surface area contributed by atoms with Crippen LogP contribution < -0.4 is 5.73 Å². The lowest BCUT2D eigenvalue weighted by Gasteiger charge is -2.15. The predicted molar refractivity (Wildman–Crippen MR) is 85.8 cm³/mol. The number of hydrogen-bond donors (Lipinski definition) is 1. The fraction of sp³-hybridized carbons (Fsp3) is 0.588. The molecule has 0 spiro atoms. The first-order chi connectivity index (χ1) is 9.80. The predicted octanol–water partition coefficient (Wildman–Crippen LogP) is 3.75. The summed E-state index contributed by atoms with van der Waals surface area (Å²) in [4.78, 5) is 4.81. The van der Waals surface area contributed by atoms with Crippen molar-refractivity contribution < 1.29 is 0 Å². The molecular formula is C17H27N3. The highest BCUT2D eigenvalue weighted by atomic mass is 15.1. The molecule has 0 bridgehead atoms. The van der Waals surface area contributed by atoms with Gasteiger partial charge in [0.2, 0.25) is 0 Å². The van der Waals surface area contributed by atoms with Gasteiger partial charge in [0.1, 0.15) is 5.82 Å². The fourth-order valence-corrected chi connectivity index (χ4v) is 3.08. The van der Waals surface area contributed by atoms with Crippen LogP contribution in [0.5, 0.6) is 0 Å². The molecule has 2 aromatic rings. The Kier molecular flexibility index (Phi) is 5.60. The van der Waals surface area contributed by atoms with E-state index in [2.05, 4.69) is 42.7 Å². The lowest BCUT2D eigenvalue weighted by atomic mass is 9.94. The van der Waals surface area contributed by atoms with Crippen molar-refractivity contribution in [1.82, 2.24) is 9.55 Å². The molecule has 110 valence electrons. The van der Waals surface area contributed by atoms with Crippen LogP contribution in [-0.2, 0) is 13.0 Å². The van der Waals surface area contributed by atoms with E-state index in [1.54, 1.807) is 0 Å². The molecule has 1 atom stereocenters. The Bertz CT molecular complexity index is 524. The molecule has 3 heteroatoms. The molecule has 0 fully saturated rings. The van der Waals surface area contributed by atoms with Gasteiger partial charge < -0.3 is 10.3 Å². The number of nitrogens with zero attached hydrogens (tertiary/aromatic N) is 2. The minimum Gasteiger partial charge on any atom is -0.330 e. The van der Waals surface area contributed by atoms with Crippen LogP contribution in [0.15, 0.2) is 24.3 Å². The zero-order valence-corrected chi connectivity index (χ0v) is 12.8. The lowest BCUT2D eigenvalue weighted by molar-refractivity contribution is 0.415. The Morgan fingerprint density at radius 3 is 2.65 bits per heavy atom. The molecule has 0 aliphatic carbocycles. The number of aryl methyl sites for hydroxylation is 2. The van der Waals surface area contributed by atoms with Crippen molar-refractivity contribution in [3.8, 4) is 0 Å². The van der Waals surface area contributed by atoms with Crippen molar-refractivity contribution in [3.05, 3.63) is 30.1 Å². The molecule has 1 heterocycles. The van der Waals surface area contributed by atoms with Crippen molar-refractivity contribution >= 4 is 11.0 Å². The SMILES string of the molecule is CCCC(CCN)CCc1nc2ccccc2n1CC. The molecule has 0 radical (unpaired) electrons. The van der Waals surface area contributed by atoms with Crippen LogP contribution in [0.1, 0.15) is 45.4 Å². The van der Waals surface area contributed by atoms with Gasteiger partial charge in [-0.3, -0.25) is 0 Å². The van der Waals surface area contributed by atoms with Crippen LogP contribution in [-0.4, -0.2) is 16.1 Å². The van der Waals surface area contributed by atoms with E-state index in [-0.39, 0.29) is 0 Å². The largest absolute Gasteiger partial charge is 0.330 e. The van der Waals surface area contributed by atoms with Gasteiger partial charge in [-0.15, -0.1) is 0 Å². The third kappa shape index (κ3) is 3.40. The van der Waals surface area contributed by atoms with Crippen molar-refractivity contribution in [3.63, 3.8) is 0 Å². The molecule has 0 amide bonds. The third-order valence-corrected chi connectivity index (χ3v) is 4.10. The Balaban J connectivity index is 2.12. The van der Waals surface area contributed by atoms with E-state index in [0.717, 1.165) is 37.4 Å². The summed E-state index contributed by atoms with van der Waals surface area (Å²) < 4.78 is 2.35. The van der Waals surface area contributed by atoms with Gasteiger partial charge in [-0.05, 0) is 44.4 Å². The van der Waals surface area contributed by atoms with Gasteiger partial charge in [-0.1, -0.05) is 31.9 Å². The average Bonchev–Trinajstić information content (AvgIpc) is 2.82. The maximum atomic E-state index is 5.73. The number of hydrogen-bond acceptors (Lipinski definition) is 2. The highest BCUT2D eigenvalue weighted by Gasteiger charge is 2.12. The molecule has 2 rings (SSSR count). The van der Waals surface area contributed by atoms with E-state index in [1.807, 2.05) is 0 Å². The lowest BCUT2D eigenvalue weighted by Crippen LogP contribution is -2.11. The fourth-order valence-electron chi connectivity index (χ4n) is 3.08. The minimum absolute atomic E-state index is 0.745. The Labute approximate surface area is 122 Å². The van der Waals surface area contributed by atoms with Gasteiger partial charge in [0.05, 0.1) is 11.0 Å². The molecule has 0 aliphatic heterocycles. The third-order valence-electron chi connectivity index (χ3n) is 4.10. The molecule has 1 unspecified atom stereocenters. The summed E-state index contributed by atoms with van der Waals surface area (Å²) in [5.74, 6) is 1.97. The second-order valence-electron chi connectivity index (χ2n) is 5.53. The number of nitrogens with two attached hydrogens (primary N) is 1. The van der Waals surface area contributed by atoms with E-state index < -0.39 is 0 Å². The summed E-state index contributed by atoms with van der Waals surface area (Å²) in [6.07, 6.45) is 5.93. The van der Waals surface area contributed by atoms with E-state index in [1.165, 1.54) is 30.6 Å². The van der Waals surface area contributed by atoms with Crippen LogP contribution in [0.3, 0.4) is 0 Å². The standard InChI is InChI=1S/C17H27N3/c1-3-7-14(12-13-18)10-11-17-19-15-8-5-6-9-16(15)20(17)4-2/h5-6,8-9,14H,3-4,7,10-13,18H2,1-2H3. The summed E-state index contributed by atoms with van der Waals surface area (Å²) in [7, 11) is 0. The number of fused-ring (bicyclic) bond motifs is 1. The number of aromatic nitrogens is 2. The second-order valence-corrected chi connectivity index (χ2v) is 5.53. The first-order valence-corrected chi connectivity index (χ1v) is 7.94. The number of para-hydroxylation sites is 2. The molecule has 0 saturated heterocycles. The summed E-state index contributed by atoms with van der Waals surface area (Å²) in [6.45, 7) is 6.24. The summed E-state index contributed by atoms with van der Waals surface area (Å²) in [5, 5.41) is 0. The smallest absolute Gasteiger partial charge is 0.109 e. The zero-order valence-electron chi connectivity index (χ0n) is 12.8. The average molecular weight is 273 g/mol. The topological polar surface area (TPSA) is 43.8 Å². The molecule has 2 N–H and O–H groups in total. The number of imidazole rings is 1. The van der Waals surface area contributed by atoms with Gasteiger partial charge in [0.25, 0.3) is 0 Å². The van der Waals surface area contributed by atoms with E-state index in [9.17, 15) is 0 Å².